The Kier molecular flexibility index (Phi) is 5.66. The lowest BCUT2D eigenvalue weighted by Crippen LogP contribution is -2.09. The third kappa shape index (κ3) is 4.23. The maximum atomic E-state index is 11.6. The minimum Gasteiger partial charge on any atom is -0.465 e. The number of nitriles is 1. The molecule has 0 saturated carbocycles. The number of carbonyl (C=O) groups excluding carboxylic acids is 1. The first kappa shape index (κ1) is 18.0. The molecule has 0 atom stereocenters. The van der Waals surface area contributed by atoms with Crippen molar-refractivity contribution in [2.75, 3.05) is 12.0 Å². The van der Waals surface area contributed by atoms with Gasteiger partial charge in [0.15, 0.2) is 0 Å². The number of para-hydroxylation sites is 2. The van der Waals surface area contributed by atoms with Gasteiger partial charge in [-0.05, 0) is 48.0 Å². The van der Waals surface area contributed by atoms with Gasteiger partial charge in [0.05, 0.1) is 7.11 Å². The van der Waals surface area contributed by atoms with Crippen LogP contribution < -0.4 is 4.90 Å². The van der Waals surface area contributed by atoms with Gasteiger partial charge in [-0.1, -0.05) is 48.5 Å². The zero-order chi connectivity index (χ0) is 19.1. The third-order valence-electron chi connectivity index (χ3n) is 4.02. The van der Waals surface area contributed by atoms with Crippen molar-refractivity contribution >= 4 is 29.1 Å². The van der Waals surface area contributed by atoms with Gasteiger partial charge < -0.3 is 9.64 Å². The van der Waals surface area contributed by atoms with Gasteiger partial charge in [-0.25, -0.2) is 4.79 Å². The van der Waals surface area contributed by atoms with Crippen LogP contribution in [0.25, 0.3) is 6.08 Å². The molecule has 0 amide bonds. The Bertz CT molecular complexity index is 933. The monoisotopic (exact) mass is 354 g/mol. The molecule has 0 aliphatic heterocycles. The van der Waals surface area contributed by atoms with Crippen molar-refractivity contribution in [2.24, 2.45) is 0 Å². The Balaban J connectivity index is 1.99. The predicted molar refractivity (Wildman–Crippen MR) is 107 cm³/mol. The number of anilines is 3. The highest BCUT2D eigenvalue weighted by Crippen LogP contribution is 2.34. The molecule has 0 aliphatic rings. The average Bonchev–Trinajstić information content (AvgIpc) is 2.74. The summed E-state index contributed by atoms with van der Waals surface area (Å²) in [6.45, 7) is 0. The summed E-state index contributed by atoms with van der Waals surface area (Å²) < 4.78 is 4.62. The molecule has 0 saturated heterocycles. The maximum Gasteiger partial charge on any atom is 0.348 e. The van der Waals surface area contributed by atoms with E-state index in [9.17, 15) is 4.79 Å². The lowest BCUT2D eigenvalue weighted by atomic mass is 10.1. The molecule has 0 aliphatic carbocycles. The summed E-state index contributed by atoms with van der Waals surface area (Å²) in [6.07, 6.45) is 1.52. The standard InChI is InChI=1S/C23H18N2O2/c1-27-23(26)19(17-24)16-18-12-14-22(15-13-18)25(20-8-4-2-5-9-20)21-10-6-3-7-11-21/h2-16H,1H3. The van der Waals surface area contributed by atoms with E-state index in [0.29, 0.717) is 0 Å². The van der Waals surface area contributed by atoms with Crippen LogP contribution in [0, 0.1) is 11.3 Å². The molecule has 4 heteroatoms. The van der Waals surface area contributed by atoms with Crippen molar-refractivity contribution in [3.63, 3.8) is 0 Å². The highest BCUT2D eigenvalue weighted by molar-refractivity contribution is 5.97. The van der Waals surface area contributed by atoms with Crippen molar-refractivity contribution in [3.05, 3.63) is 96.1 Å². The van der Waals surface area contributed by atoms with E-state index in [0.717, 1.165) is 22.6 Å². The summed E-state index contributed by atoms with van der Waals surface area (Å²) in [7, 11) is 1.26. The number of methoxy groups -OCH3 is 1. The fraction of sp³-hybridized carbons (Fsp3) is 0.0435. The molecule has 0 heterocycles. The fourth-order valence-electron chi connectivity index (χ4n) is 2.73. The third-order valence-corrected chi connectivity index (χ3v) is 4.02. The highest BCUT2D eigenvalue weighted by atomic mass is 16.5. The number of benzene rings is 3. The summed E-state index contributed by atoms with van der Waals surface area (Å²) >= 11 is 0. The van der Waals surface area contributed by atoms with E-state index >= 15 is 0 Å². The summed E-state index contributed by atoms with van der Waals surface area (Å²) in [5.74, 6) is -0.642. The second-order valence-corrected chi connectivity index (χ2v) is 5.76. The van der Waals surface area contributed by atoms with Crippen molar-refractivity contribution in [3.8, 4) is 6.07 Å². The normalized spacial score (nSPS) is 10.7. The van der Waals surface area contributed by atoms with E-state index in [1.165, 1.54) is 13.2 Å². The van der Waals surface area contributed by atoms with Gasteiger partial charge in [0.25, 0.3) is 0 Å². The molecule has 27 heavy (non-hydrogen) atoms. The van der Waals surface area contributed by atoms with Crippen LogP contribution in [0.2, 0.25) is 0 Å². The van der Waals surface area contributed by atoms with E-state index in [1.807, 2.05) is 91.0 Å². The molecule has 3 aromatic rings. The zero-order valence-corrected chi connectivity index (χ0v) is 14.9. The number of esters is 1. The Labute approximate surface area is 158 Å². The number of rotatable bonds is 5. The SMILES string of the molecule is COC(=O)C(C#N)=Cc1ccc(N(c2ccccc2)c2ccccc2)cc1. The molecule has 0 radical (unpaired) electrons. The minimum atomic E-state index is -0.642. The van der Waals surface area contributed by atoms with E-state index < -0.39 is 5.97 Å². The lowest BCUT2D eigenvalue weighted by molar-refractivity contribution is -0.135. The van der Waals surface area contributed by atoms with Crippen molar-refractivity contribution in [2.45, 2.75) is 0 Å². The van der Waals surface area contributed by atoms with Gasteiger partial charge in [-0.3, -0.25) is 0 Å². The molecule has 0 aromatic heterocycles. The van der Waals surface area contributed by atoms with Crippen LogP contribution in [0.1, 0.15) is 5.56 Å². The first-order valence-electron chi connectivity index (χ1n) is 8.43. The van der Waals surface area contributed by atoms with Crippen molar-refractivity contribution in [1.82, 2.24) is 0 Å². The van der Waals surface area contributed by atoms with E-state index in [-0.39, 0.29) is 5.57 Å². The number of nitrogens with zero attached hydrogens (tertiary/aromatic N) is 2. The first-order valence-corrected chi connectivity index (χ1v) is 8.43. The second kappa shape index (κ2) is 8.50. The Hall–Kier alpha value is -3.84. The molecule has 0 N–H and O–H groups in total. The van der Waals surface area contributed by atoms with E-state index in [4.69, 9.17) is 5.26 Å². The number of hydrogen-bond acceptors (Lipinski definition) is 4. The second-order valence-electron chi connectivity index (χ2n) is 5.76. The Morgan fingerprint density at radius 2 is 1.33 bits per heavy atom. The van der Waals surface area contributed by atoms with Crippen LogP contribution >= 0.6 is 0 Å². The van der Waals surface area contributed by atoms with Crippen LogP contribution in [0.15, 0.2) is 90.5 Å². The van der Waals surface area contributed by atoms with Gasteiger partial charge in [-0.2, -0.15) is 5.26 Å². The van der Waals surface area contributed by atoms with Crippen LogP contribution in [0.4, 0.5) is 17.1 Å². The van der Waals surface area contributed by atoms with Gasteiger partial charge in [0.2, 0.25) is 0 Å². The van der Waals surface area contributed by atoms with Gasteiger partial charge in [0, 0.05) is 17.1 Å². The summed E-state index contributed by atoms with van der Waals surface area (Å²) in [5.41, 5.74) is 3.77. The fourth-order valence-corrected chi connectivity index (χ4v) is 2.73. The average molecular weight is 354 g/mol. The predicted octanol–water partition coefficient (Wildman–Crippen LogP) is 5.24. The minimum absolute atomic E-state index is 0.0341. The molecule has 0 fully saturated rings. The lowest BCUT2D eigenvalue weighted by Gasteiger charge is -2.25. The molecule has 3 aromatic carbocycles. The van der Waals surface area contributed by atoms with Crippen LogP contribution in [0.5, 0.6) is 0 Å². The molecule has 0 bridgehead atoms. The van der Waals surface area contributed by atoms with Gasteiger partial charge in [0.1, 0.15) is 11.6 Å². The molecule has 132 valence electrons. The maximum absolute atomic E-state index is 11.6. The zero-order valence-electron chi connectivity index (χ0n) is 14.9. The van der Waals surface area contributed by atoms with E-state index in [1.54, 1.807) is 0 Å². The number of ether oxygens (including phenoxy) is 1. The quantitative estimate of drug-likeness (QED) is 0.357. The van der Waals surface area contributed by atoms with Crippen molar-refractivity contribution < 1.29 is 9.53 Å². The smallest absolute Gasteiger partial charge is 0.348 e. The van der Waals surface area contributed by atoms with Crippen molar-refractivity contribution in [1.29, 1.82) is 5.26 Å². The topological polar surface area (TPSA) is 53.3 Å². The molecule has 0 unspecified atom stereocenters. The van der Waals surface area contributed by atoms with Crippen LogP contribution in [-0.2, 0) is 9.53 Å². The van der Waals surface area contributed by atoms with Crippen LogP contribution in [0.3, 0.4) is 0 Å². The highest BCUT2D eigenvalue weighted by Gasteiger charge is 2.12. The summed E-state index contributed by atoms with van der Waals surface area (Å²) in [4.78, 5) is 13.7. The molecule has 3 rings (SSSR count). The molecule has 0 spiro atoms. The summed E-state index contributed by atoms with van der Waals surface area (Å²) in [6, 6.07) is 29.7. The Morgan fingerprint density at radius 1 is 0.852 bits per heavy atom. The molecule has 4 nitrogen and oxygen atoms in total. The first-order chi connectivity index (χ1) is 13.2. The number of carbonyl (C=O) groups is 1. The Morgan fingerprint density at radius 3 is 1.78 bits per heavy atom. The van der Waals surface area contributed by atoms with E-state index in [2.05, 4.69) is 9.64 Å². The number of hydrogen-bond donors (Lipinski definition) is 0. The van der Waals surface area contributed by atoms with Gasteiger partial charge in [-0.15, -0.1) is 0 Å². The summed E-state index contributed by atoms with van der Waals surface area (Å²) in [5, 5.41) is 9.10. The van der Waals surface area contributed by atoms with Crippen LogP contribution in [-0.4, -0.2) is 13.1 Å². The largest absolute Gasteiger partial charge is 0.465 e. The molecular weight excluding hydrogens is 336 g/mol. The molecular formula is C23H18N2O2. The van der Waals surface area contributed by atoms with Gasteiger partial charge >= 0.3 is 5.97 Å².